The van der Waals surface area contributed by atoms with Crippen molar-refractivity contribution >= 4 is 16.9 Å². The predicted octanol–water partition coefficient (Wildman–Crippen LogP) is 3.62. The molecule has 1 aliphatic heterocycles. The number of methoxy groups -OCH3 is 1. The van der Waals surface area contributed by atoms with E-state index in [0.717, 1.165) is 55.2 Å². The minimum absolute atomic E-state index is 0.493. The van der Waals surface area contributed by atoms with Gasteiger partial charge in [-0.1, -0.05) is 47.6 Å². The third-order valence-electron chi connectivity index (χ3n) is 5.54. The first kappa shape index (κ1) is 18.6. The van der Waals surface area contributed by atoms with Gasteiger partial charge >= 0.3 is 0 Å². The summed E-state index contributed by atoms with van der Waals surface area (Å²) < 4.78 is 11.1. The van der Waals surface area contributed by atoms with Crippen molar-refractivity contribution in [3.63, 3.8) is 0 Å². The van der Waals surface area contributed by atoms with Crippen LogP contribution in [0.5, 0.6) is 5.75 Å². The molecule has 2 aromatic carbocycles. The molecule has 0 aliphatic carbocycles. The Labute approximate surface area is 174 Å². The molecule has 0 atom stereocenters. The molecule has 7 heteroatoms. The van der Waals surface area contributed by atoms with E-state index in [4.69, 9.17) is 9.26 Å². The Morgan fingerprint density at radius 3 is 2.50 bits per heavy atom. The van der Waals surface area contributed by atoms with Crippen LogP contribution in [0.4, 0.5) is 5.82 Å². The molecule has 152 valence electrons. The Morgan fingerprint density at radius 2 is 1.70 bits per heavy atom. The van der Waals surface area contributed by atoms with Gasteiger partial charge in [0, 0.05) is 38.3 Å². The van der Waals surface area contributed by atoms with Gasteiger partial charge in [0.2, 0.25) is 0 Å². The van der Waals surface area contributed by atoms with E-state index in [1.165, 1.54) is 5.56 Å². The lowest BCUT2D eigenvalue weighted by molar-refractivity contribution is 0.249. The number of benzene rings is 2. The molecule has 0 bridgehead atoms. The summed E-state index contributed by atoms with van der Waals surface area (Å²) in [5, 5.41) is 5.14. The van der Waals surface area contributed by atoms with Gasteiger partial charge in [0.1, 0.15) is 29.0 Å². The topological polar surface area (TPSA) is 67.5 Å². The van der Waals surface area contributed by atoms with E-state index in [9.17, 15) is 0 Å². The van der Waals surface area contributed by atoms with Crippen molar-refractivity contribution in [2.75, 3.05) is 38.2 Å². The molecule has 30 heavy (non-hydrogen) atoms. The SMILES string of the molecule is COc1ccccc1-c1noc2ncnc(N3CCN(Cc4ccccc4)CC3)c12. The van der Waals surface area contributed by atoms with E-state index in [1.807, 2.05) is 24.3 Å². The fraction of sp³-hybridized carbons (Fsp3) is 0.261. The van der Waals surface area contributed by atoms with Crippen LogP contribution < -0.4 is 9.64 Å². The average molecular weight is 401 g/mol. The highest BCUT2D eigenvalue weighted by Crippen LogP contribution is 2.37. The fourth-order valence-electron chi connectivity index (χ4n) is 3.99. The molecule has 0 radical (unpaired) electrons. The van der Waals surface area contributed by atoms with Gasteiger partial charge in [-0.3, -0.25) is 4.90 Å². The average Bonchev–Trinajstić information content (AvgIpc) is 3.24. The summed E-state index contributed by atoms with van der Waals surface area (Å²) in [7, 11) is 1.66. The normalized spacial score (nSPS) is 14.9. The molecule has 1 aliphatic rings. The number of hydrogen-bond acceptors (Lipinski definition) is 7. The molecule has 2 aromatic heterocycles. The number of piperazine rings is 1. The summed E-state index contributed by atoms with van der Waals surface area (Å²) in [6.45, 7) is 4.67. The first-order valence-corrected chi connectivity index (χ1v) is 10.1. The maximum Gasteiger partial charge on any atom is 0.263 e. The van der Waals surface area contributed by atoms with Crippen molar-refractivity contribution < 1.29 is 9.26 Å². The molecular formula is C23H23N5O2. The smallest absolute Gasteiger partial charge is 0.263 e. The van der Waals surface area contributed by atoms with E-state index < -0.39 is 0 Å². The van der Waals surface area contributed by atoms with Gasteiger partial charge in [0.15, 0.2) is 0 Å². The van der Waals surface area contributed by atoms with Crippen molar-refractivity contribution in [1.82, 2.24) is 20.0 Å². The molecule has 3 heterocycles. The zero-order chi connectivity index (χ0) is 20.3. The minimum Gasteiger partial charge on any atom is -0.496 e. The van der Waals surface area contributed by atoms with E-state index >= 15 is 0 Å². The summed E-state index contributed by atoms with van der Waals surface area (Å²) in [5.41, 5.74) is 3.42. The number of anilines is 1. The third kappa shape index (κ3) is 3.48. The Morgan fingerprint density at radius 1 is 0.933 bits per heavy atom. The first-order valence-electron chi connectivity index (χ1n) is 10.1. The Kier molecular flexibility index (Phi) is 5.03. The van der Waals surface area contributed by atoms with Crippen molar-refractivity contribution in [3.05, 3.63) is 66.5 Å². The van der Waals surface area contributed by atoms with Crippen LogP contribution in [0.25, 0.3) is 22.4 Å². The summed E-state index contributed by atoms with van der Waals surface area (Å²) in [6.07, 6.45) is 1.55. The second-order valence-corrected chi connectivity index (χ2v) is 7.36. The molecule has 0 saturated carbocycles. The number of aromatic nitrogens is 3. The van der Waals surface area contributed by atoms with Gasteiger partial charge in [0.25, 0.3) is 5.71 Å². The molecule has 0 spiro atoms. The van der Waals surface area contributed by atoms with Crippen LogP contribution in [0.1, 0.15) is 5.56 Å². The number of para-hydroxylation sites is 1. The Hall–Kier alpha value is -3.45. The number of nitrogens with zero attached hydrogens (tertiary/aromatic N) is 5. The molecule has 1 fully saturated rings. The second-order valence-electron chi connectivity index (χ2n) is 7.36. The second kappa shape index (κ2) is 8.12. The summed E-state index contributed by atoms with van der Waals surface area (Å²) >= 11 is 0. The number of rotatable bonds is 5. The maximum absolute atomic E-state index is 5.54. The third-order valence-corrected chi connectivity index (χ3v) is 5.54. The van der Waals surface area contributed by atoms with Crippen LogP contribution in [-0.4, -0.2) is 53.3 Å². The Balaban J connectivity index is 1.42. The Bertz CT molecular complexity index is 1140. The van der Waals surface area contributed by atoms with Gasteiger partial charge in [-0.05, 0) is 17.7 Å². The van der Waals surface area contributed by atoms with Crippen molar-refractivity contribution in [2.24, 2.45) is 0 Å². The monoisotopic (exact) mass is 401 g/mol. The number of ether oxygens (including phenoxy) is 1. The first-order chi connectivity index (χ1) is 14.8. The van der Waals surface area contributed by atoms with Crippen molar-refractivity contribution in [3.8, 4) is 17.0 Å². The highest BCUT2D eigenvalue weighted by Gasteiger charge is 2.25. The lowest BCUT2D eigenvalue weighted by atomic mass is 10.1. The van der Waals surface area contributed by atoms with Gasteiger partial charge in [-0.15, -0.1) is 0 Å². The highest BCUT2D eigenvalue weighted by atomic mass is 16.5. The van der Waals surface area contributed by atoms with Crippen LogP contribution in [0, 0.1) is 0 Å². The zero-order valence-corrected chi connectivity index (χ0v) is 16.9. The molecule has 0 N–H and O–H groups in total. The van der Waals surface area contributed by atoms with Crippen LogP contribution in [0.15, 0.2) is 65.4 Å². The minimum atomic E-state index is 0.493. The van der Waals surface area contributed by atoms with Gasteiger partial charge < -0.3 is 14.2 Å². The van der Waals surface area contributed by atoms with E-state index in [-0.39, 0.29) is 0 Å². The summed E-state index contributed by atoms with van der Waals surface area (Å²) in [6, 6.07) is 18.4. The van der Waals surface area contributed by atoms with Crippen LogP contribution in [-0.2, 0) is 6.54 Å². The molecule has 5 rings (SSSR count). The number of hydrogen-bond donors (Lipinski definition) is 0. The summed E-state index contributed by atoms with van der Waals surface area (Å²) in [5.74, 6) is 1.61. The maximum atomic E-state index is 5.54. The molecule has 0 amide bonds. The molecule has 0 unspecified atom stereocenters. The molecule has 1 saturated heterocycles. The van der Waals surface area contributed by atoms with Crippen molar-refractivity contribution in [2.45, 2.75) is 6.54 Å². The van der Waals surface area contributed by atoms with Crippen LogP contribution in [0.3, 0.4) is 0 Å². The quantitative estimate of drug-likeness (QED) is 0.506. The molecular weight excluding hydrogens is 378 g/mol. The van der Waals surface area contributed by atoms with Gasteiger partial charge in [0.05, 0.1) is 7.11 Å². The van der Waals surface area contributed by atoms with Gasteiger partial charge in [-0.25, -0.2) is 4.98 Å². The lowest BCUT2D eigenvalue weighted by Gasteiger charge is -2.35. The highest BCUT2D eigenvalue weighted by molar-refractivity contribution is 5.99. The molecule has 7 nitrogen and oxygen atoms in total. The zero-order valence-electron chi connectivity index (χ0n) is 16.9. The largest absolute Gasteiger partial charge is 0.496 e. The van der Waals surface area contributed by atoms with E-state index in [1.54, 1.807) is 13.4 Å². The predicted molar refractivity (Wildman–Crippen MR) is 116 cm³/mol. The standard InChI is InChI=1S/C23H23N5O2/c1-29-19-10-6-5-9-18(19)21-20-22(24-16-25-23(20)30-26-21)28-13-11-27(12-14-28)15-17-7-3-2-4-8-17/h2-10,16H,11-15H2,1H3. The summed E-state index contributed by atoms with van der Waals surface area (Å²) in [4.78, 5) is 13.7. The van der Waals surface area contributed by atoms with Crippen molar-refractivity contribution in [1.29, 1.82) is 0 Å². The fourth-order valence-corrected chi connectivity index (χ4v) is 3.99. The van der Waals surface area contributed by atoms with Crippen LogP contribution >= 0.6 is 0 Å². The van der Waals surface area contributed by atoms with E-state index in [2.05, 4.69) is 55.3 Å². The van der Waals surface area contributed by atoms with Gasteiger partial charge in [-0.2, -0.15) is 4.98 Å². The van der Waals surface area contributed by atoms with Crippen LogP contribution in [0.2, 0.25) is 0 Å². The van der Waals surface area contributed by atoms with E-state index in [0.29, 0.717) is 11.4 Å². The lowest BCUT2D eigenvalue weighted by Crippen LogP contribution is -2.46. The number of fused-ring (bicyclic) bond motifs is 1. The molecule has 4 aromatic rings.